The summed E-state index contributed by atoms with van der Waals surface area (Å²) < 4.78 is 20.9. The Kier molecular flexibility index (Phi) is 7.14. The van der Waals surface area contributed by atoms with Gasteiger partial charge in [-0.3, -0.25) is 4.79 Å². The van der Waals surface area contributed by atoms with Crippen molar-refractivity contribution < 1.29 is 33.6 Å². The third-order valence-corrected chi connectivity index (χ3v) is 4.03. The number of hydrogen-bond donors (Lipinski definition) is 2. The SMILES string of the molecule is CC.COc1cc(O)cc(/C=C/C(=O)c2c(O)c(OC)c3occc3c2OC)c1. The van der Waals surface area contributed by atoms with Crippen molar-refractivity contribution >= 4 is 22.8 Å². The second kappa shape index (κ2) is 9.54. The first-order chi connectivity index (χ1) is 14.0. The molecule has 0 fully saturated rings. The largest absolute Gasteiger partial charge is 0.508 e. The number of furan rings is 1. The first-order valence-corrected chi connectivity index (χ1v) is 8.94. The van der Waals surface area contributed by atoms with Crippen molar-refractivity contribution in [3.63, 3.8) is 0 Å². The van der Waals surface area contributed by atoms with Crippen molar-refractivity contribution in [1.82, 2.24) is 0 Å². The van der Waals surface area contributed by atoms with Gasteiger partial charge in [0.25, 0.3) is 0 Å². The number of hydrogen-bond acceptors (Lipinski definition) is 7. The Hall–Kier alpha value is -3.61. The summed E-state index contributed by atoms with van der Waals surface area (Å²) in [5, 5.41) is 20.7. The molecule has 0 atom stereocenters. The Morgan fingerprint density at radius 1 is 1.00 bits per heavy atom. The fourth-order valence-corrected chi connectivity index (χ4v) is 2.83. The fourth-order valence-electron chi connectivity index (χ4n) is 2.83. The maximum Gasteiger partial charge on any atom is 0.205 e. The molecule has 2 N–H and O–H groups in total. The Bertz CT molecular complexity index is 1030. The van der Waals surface area contributed by atoms with E-state index >= 15 is 0 Å². The topological polar surface area (TPSA) is 98.4 Å². The van der Waals surface area contributed by atoms with Gasteiger partial charge < -0.3 is 28.8 Å². The van der Waals surface area contributed by atoms with Crippen LogP contribution >= 0.6 is 0 Å². The van der Waals surface area contributed by atoms with Crippen LogP contribution in [0.2, 0.25) is 0 Å². The number of ether oxygens (including phenoxy) is 3. The Balaban J connectivity index is 0.00000145. The number of carbonyl (C=O) groups excluding carboxylic acids is 1. The number of aromatic hydroxyl groups is 2. The maximum atomic E-state index is 12.8. The molecule has 0 spiro atoms. The highest BCUT2D eigenvalue weighted by atomic mass is 16.5. The molecule has 1 aromatic heterocycles. The van der Waals surface area contributed by atoms with Crippen LogP contribution in [0.1, 0.15) is 29.8 Å². The third-order valence-electron chi connectivity index (χ3n) is 4.03. The molecule has 3 rings (SSSR count). The third kappa shape index (κ3) is 4.29. The van der Waals surface area contributed by atoms with Crippen molar-refractivity contribution in [3.8, 4) is 28.7 Å². The number of methoxy groups -OCH3 is 3. The fraction of sp³-hybridized carbons (Fsp3) is 0.227. The van der Waals surface area contributed by atoms with Crippen LogP contribution < -0.4 is 14.2 Å². The van der Waals surface area contributed by atoms with Crippen LogP contribution in [0.5, 0.6) is 28.7 Å². The van der Waals surface area contributed by atoms with E-state index in [1.807, 2.05) is 13.8 Å². The monoisotopic (exact) mass is 400 g/mol. The predicted molar refractivity (Wildman–Crippen MR) is 110 cm³/mol. The van der Waals surface area contributed by atoms with Crippen LogP contribution in [0, 0.1) is 0 Å². The lowest BCUT2D eigenvalue weighted by molar-refractivity contribution is 0.104. The number of phenols is 2. The second-order valence-corrected chi connectivity index (χ2v) is 5.62. The Morgan fingerprint density at radius 3 is 2.31 bits per heavy atom. The van der Waals surface area contributed by atoms with Gasteiger partial charge in [0, 0.05) is 6.07 Å². The Morgan fingerprint density at radius 2 is 1.69 bits per heavy atom. The average Bonchev–Trinajstić information content (AvgIpc) is 3.21. The zero-order chi connectivity index (χ0) is 21.6. The van der Waals surface area contributed by atoms with Crippen LogP contribution in [0.3, 0.4) is 0 Å². The summed E-state index contributed by atoms with van der Waals surface area (Å²) in [6, 6.07) is 6.20. The molecule has 7 nitrogen and oxygen atoms in total. The summed E-state index contributed by atoms with van der Waals surface area (Å²) in [6.45, 7) is 4.00. The summed E-state index contributed by atoms with van der Waals surface area (Å²) in [5.74, 6) is -0.202. The van der Waals surface area contributed by atoms with Crippen molar-refractivity contribution in [2.45, 2.75) is 13.8 Å². The van der Waals surface area contributed by atoms with E-state index in [1.165, 1.54) is 51.9 Å². The molecule has 0 radical (unpaired) electrons. The number of fused-ring (bicyclic) bond motifs is 1. The van der Waals surface area contributed by atoms with E-state index in [1.54, 1.807) is 12.1 Å². The lowest BCUT2D eigenvalue weighted by atomic mass is 10.0. The molecule has 0 aliphatic rings. The summed E-state index contributed by atoms with van der Waals surface area (Å²) in [5.41, 5.74) is 0.784. The minimum Gasteiger partial charge on any atom is -0.508 e. The molecule has 3 aromatic rings. The molecule has 0 saturated heterocycles. The van der Waals surface area contributed by atoms with Crippen molar-refractivity contribution in [2.75, 3.05) is 21.3 Å². The number of rotatable bonds is 6. The molecule has 0 aliphatic carbocycles. The van der Waals surface area contributed by atoms with E-state index in [-0.39, 0.29) is 34.1 Å². The van der Waals surface area contributed by atoms with E-state index in [9.17, 15) is 15.0 Å². The van der Waals surface area contributed by atoms with Crippen LogP contribution in [-0.4, -0.2) is 37.3 Å². The van der Waals surface area contributed by atoms with E-state index in [4.69, 9.17) is 18.6 Å². The normalized spacial score (nSPS) is 10.5. The van der Waals surface area contributed by atoms with Crippen molar-refractivity contribution in [1.29, 1.82) is 0 Å². The van der Waals surface area contributed by atoms with E-state index < -0.39 is 5.78 Å². The van der Waals surface area contributed by atoms with Crippen molar-refractivity contribution in [3.05, 3.63) is 47.7 Å². The number of benzene rings is 2. The molecule has 0 amide bonds. The van der Waals surface area contributed by atoms with Gasteiger partial charge in [0.2, 0.25) is 5.75 Å². The minimum atomic E-state index is -0.506. The lowest BCUT2D eigenvalue weighted by Crippen LogP contribution is -2.02. The van der Waals surface area contributed by atoms with Gasteiger partial charge in [0.1, 0.15) is 22.8 Å². The van der Waals surface area contributed by atoms with Gasteiger partial charge in [-0.05, 0) is 29.8 Å². The highest BCUT2D eigenvalue weighted by Crippen LogP contribution is 2.45. The molecule has 7 heteroatoms. The van der Waals surface area contributed by atoms with Crippen LogP contribution in [-0.2, 0) is 0 Å². The molecule has 0 aliphatic heterocycles. The minimum absolute atomic E-state index is 0.00311. The average molecular weight is 400 g/mol. The standard InChI is InChI=1S/C20H18O7.C2H6/c1-24-13-9-11(8-12(21)10-13)4-5-15(22)16-17(23)20(26-3)19-14(6-7-27-19)18(16)25-2;1-2/h4-10,21,23H,1-3H3;1-2H3/b5-4+;. The number of allylic oxidation sites excluding steroid dienone is 1. The van der Waals surface area contributed by atoms with Gasteiger partial charge in [-0.2, -0.15) is 0 Å². The molecule has 0 unspecified atom stereocenters. The second-order valence-electron chi connectivity index (χ2n) is 5.62. The van der Waals surface area contributed by atoms with E-state index in [0.717, 1.165) is 0 Å². The Labute approximate surface area is 168 Å². The molecular formula is C22H24O7. The van der Waals surface area contributed by atoms with Gasteiger partial charge in [-0.25, -0.2) is 0 Å². The summed E-state index contributed by atoms with van der Waals surface area (Å²) in [7, 11) is 4.24. The van der Waals surface area contributed by atoms with Gasteiger partial charge in [0.05, 0.1) is 33.0 Å². The lowest BCUT2D eigenvalue weighted by Gasteiger charge is -2.13. The zero-order valence-electron chi connectivity index (χ0n) is 17.0. The number of carbonyl (C=O) groups is 1. The highest BCUT2D eigenvalue weighted by molar-refractivity contribution is 6.15. The zero-order valence-corrected chi connectivity index (χ0v) is 17.0. The van der Waals surface area contributed by atoms with Gasteiger partial charge >= 0.3 is 0 Å². The summed E-state index contributed by atoms with van der Waals surface area (Å²) in [4.78, 5) is 12.8. The van der Waals surface area contributed by atoms with Crippen LogP contribution in [0.15, 0.2) is 41.0 Å². The smallest absolute Gasteiger partial charge is 0.205 e. The van der Waals surface area contributed by atoms with E-state index in [2.05, 4.69) is 0 Å². The molecule has 154 valence electrons. The molecule has 1 heterocycles. The van der Waals surface area contributed by atoms with Gasteiger partial charge in [-0.15, -0.1) is 0 Å². The molecule has 2 aromatic carbocycles. The molecule has 0 bridgehead atoms. The summed E-state index contributed by atoms with van der Waals surface area (Å²) in [6.07, 6.45) is 4.17. The molecule has 29 heavy (non-hydrogen) atoms. The van der Waals surface area contributed by atoms with Crippen LogP contribution in [0.4, 0.5) is 0 Å². The number of phenolic OH excluding ortho intramolecular Hbond substituents is 2. The first-order valence-electron chi connectivity index (χ1n) is 8.94. The van der Waals surface area contributed by atoms with E-state index in [0.29, 0.717) is 16.7 Å². The molecule has 0 saturated carbocycles. The van der Waals surface area contributed by atoms with Crippen molar-refractivity contribution in [2.24, 2.45) is 0 Å². The summed E-state index contributed by atoms with van der Waals surface area (Å²) >= 11 is 0. The molecular weight excluding hydrogens is 376 g/mol. The maximum absolute atomic E-state index is 12.8. The van der Waals surface area contributed by atoms with Gasteiger partial charge in [-0.1, -0.05) is 19.9 Å². The van der Waals surface area contributed by atoms with Crippen LogP contribution in [0.25, 0.3) is 17.0 Å². The number of ketones is 1. The quantitative estimate of drug-likeness (QED) is 0.453. The predicted octanol–water partition coefficient (Wildman–Crippen LogP) is 4.79. The highest BCUT2D eigenvalue weighted by Gasteiger charge is 2.26. The first kappa shape index (κ1) is 21.7. The van der Waals surface area contributed by atoms with Gasteiger partial charge in [0.15, 0.2) is 17.1 Å².